The molecule has 0 amide bonds. The lowest BCUT2D eigenvalue weighted by Crippen LogP contribution is -1.99. The maximum absolute atomic E-state index is 5.49. The van der Waals surface area contributed by atoms with E-state index in [1.165, 1.54) is 11.1 Å². The summed E-state index contributed by atoms with van der Waals surface area (Å²) in [6, 6.07) is 21.0. The third kappa shape index (κ3) is 3.94. The number of benzene rings is 2. The van der Waals surface area contributed by atoms with Crippen molar-refractivity contribution in [2.75, 3.05) is 0 Å². The van der Waals surface area contributed by atoms with Crippen molar-refractivity contribution in [3.8, 4) is 0 Å². The van der Waals surface area contributed by atoms with Gasteiger partial charge in [-0.25, -0.2) is 0 Å². The van der Waals surface area contributed by atoms with E-state index in [4.69, 9.17) is 4.52 Å². The van der Waals surface area contributed by atoms with Crippen molar-refractivity contribution in [1.82, 2.24) is 0 Å². The molecule has 1 nitrogen and oxygen atoms in total. The predicted molar refractivity (Wildman–Crippen MR) is 79.4 cm³/mol. The van der Waals surface area contributed by atoms with Crippen molar-refractivity contribution >= 4 is 9.47 Å². The molecule has 0 aliphatic rings. The molecule has 0 heterocycles. The van der Waals surface area contributed by atoms with Crippen LogP contribution in [-0.4, -0.2) is 0 Å². The monoisotopic (exact) mass is 258 g/mol. The molecule has 0 aliphatic carbocycles. The summed E-state index contributed by atoms with van der Waals surface area (Å²) < 4.78 is 5.49. The highest BCUT2D eigenvalue weighted by atomic mass is 31.0. The summed E-state index contributed by atoms with van der Waals surface area (Å²) in [6.07, 6.45) is 3.47. The van der Waals surface area contributed by atoms with Crippen LogP contribution in [0.15, 0.2) is 60.7 Å². The van der Waals surface area contributed by atoms with E-state index in [9.17, 15) is 0 Å². The molecule has 2 aromatic rings. The van der Waals surface area contributed by atoms with E-state index in [2.05, 4.69) is 64.1 Å². The van der Waals surface area contributed by atoms with E-state index in [0.29, 0.717) is 0 Å². The largest absolute Gasteiger partial charge is 0.358 e. The minimum absolute atomic E-state index is 0.180. The molecule has 0 spiro atoms. The molecule has 0 saturated heterocycles. The highest BCUT2D eigenvalue weighted by molar-refractivity contribution is 7.09. The zero-order valence-corrected chi connectivity index (χ0v) is 11.6. The average Bonchev–Trinajstić information content (AvgIpc) is 2.46. The Kier molecular flexibility index (Phi) is 5.38. The maximum Gasteiger partial charge on any atom is 0.0860 e. The molecule has 0 bridgehead atoms. The molecule has 94 valence electrons. The van der Waals surface area contributed by atoms with Gasteiger partial charge in [-0.15, -0.1) is 0 Å². The Bertz CT molecular complexity index is 441. The van der Waals surface area contributed by atoms with Gasteiger partial charge in [-0.2, -0.15) is 0 Å². The number of rotatable bonds is 6. The van der Waals surface area contributed by atoms with Gasteiger partial charge in [-0.05, 0) is 30.4 Å². The van der Waals surface area contributed by atoms with E-state index in [-0.39, 0.29) is 6.10 Å². The van der Waals surface area contributed by atoms with Gasteiger partial charge in [0.05, 0.1) is 6.10 Å². The predicted octanol–water partition coefficient (Wildman–Crippen LogP) is 4.56. The van der Waals surface area contributed by atoms with Crippen LogP contribution in [0.3, 0.4) is 0 Å². The van der Waals surface area contributed by atoms with E-state index in [1.54, 1.807) is 0 Å². The standard InChI is InChI=1S/C16H19OP/c18-17-16(15-11-5-2-6-12-15)13-7-10-14-8-3-1-4-9-14/h1-6,8-9,11-12,16H,7,10,13,18H2. The first-order chi connectivity index (χ1) is 8.90. The van der Waals surface area contributed by atoms with Crippen LogP contribution in [0.4, 0.5) is 0 Å². The van der Waals surface area contributed by atoms with Crippen molar-refractivity contribution in [3.63, 3.8) is 0 Å². The number of hydrogen-bond acceptors (Lipinski definition) is 1. The molecule has 2 unspecified atom stereocenters. The Balaban J connectivity index is 1.85. The number of hydrogen-bond donors (Lipinski definition) is 0. The number of aryl methyl sites for hydroxylation is 1. The lowest BCUT2D eigenvalue weighted by atomic mass is 10.0. The van der Waals surface area contributed by atoms with Crippen LogP contribution in [0.5, 0.6) is 0 Å². The van der Waals surface area contributed by atoms with Gasteiger partial charge < -0.3 is 4.52 Å². The van der Waals surface area contributed by atoms with Gasteiger partial charge in [0.1, 0.15) is 0 Å². The van der Waals surface area contributed by atoms with Gasteiger partial charge in [0.2, 0.25) is 0 Å². The summed E-state index contributed by atoms with van der Waals surface area (Å²) in [5.74, 6) is 0. The molecule has 2 aromatic carbocycles. The minimum atomic E-state index is 0.180. The summed E-state index contributed by atoms with van der Waals surface area (Å²) in [5.41, 5.74) is 2.65. The first kappa shape index (κ1) is 13.3. The van der Waals surface area contributed by atoms with Crippen molar-refractivity contribution in [2.45, 2.75) is 25.4 Å². The van der Waals surface area contributed by atoms with Crippen molar-refractivity contribution < 1.29 is 4.52 Å². The third-order valence-electron chi connectivity index (χ3n) is 3.11. The quantitative estimate of drug-likeness (QED) is 0.690. The molecular weight excluding hydrogens is 239 g/mol. The fourth-order valence-corrected chi connectivity index (χ4v) is 2.41. The first-order valence-corrected chi connectivity index (χ1v) is 6.81. The van der Waals surface area contributed by atoms with Crippen LogP contribution >= 0.6 is 9.47 Å². The van der Waals surface area contributed by atoms with Gasteiger partial charge in [0.25, 0.3) is 0 Å². The first-order valence-electron chi connectivity index (χ1n) is 6.34. The summed E-state index contributed by atoms with van der Waals surface area (Å²) in [4.78, 5) is 0. The van der Waals surface area contributed by atoms with Gasteiger partial charge in [-0.1, -0.05) is 60.7 Å². The molecular formula is C16H19OP. The fourth-order valence-electron chi connectivity index (χ4n) is 2.12. The zero-order valence-electron chi connectivity index (χ0n) is 10.5. The average molecular weight is 258 g/mol. The second-order valence-corrected chi connectivity index (χ2v) is 4.69. The SMILES string of the molecule is POC(CCCc1ccccc1)c1ccccc1. The summed E-state index contributed by atoms with van der Waals surface area (Å²) in [7, 11) is 2.39. The molecule has 0 aromatic heterocycles. The minimum Gasteiger partial charge on any atom is -0.358 e. The van der Waals surface area contributed by atoms with Crippen molar-refractivity contribution in [2.24, 2.45) is 0 Å². The second-order valence-electron chi connectivity index (χ2n) is 4.41. The van der Waals surface area contributed by atoms with Crippen LogP contribution in [0.25, 0.3) is 0 Å². The lowest BCUT2D eigenvalue weighted by molar-refractivity contribution is 0.228. The zero-order chi connectivity index (χ0) is 12.6. The van der Waals surface area contributed by atoms with E-state index < -0.39 is 0 Å². The van der Waals surface area contributed by atoms with Gasteiger partial charge in [-0.3, -0.25) is 0 Å². The molecule has 2 heteroatoms. The van der Waals surface area contributed by atoms with E-state index in [0.717, 1.165) is 19.3 Å². The summed E-state index contributed by atoms with van der Waals surface area (Å²) >= 11 is 0. The van der Waals surface area contributed by atoms with E-state index in [1.807, 2.05) is 6.07 Å². The normalized spacial score (nSPS) is 12.3. The van der Waals surface area contributed by atoms with Crippen LogP contribution < -0.4 is 0 Å². The Morgan fingerprint density at radius 2 is 1.50 bits per heavy atom. The smallest absolute Gasteiger partial charge is 0.0860 e. The molecule has 2 rings (SSSR count). The van der Waals surface area contributed by atoms with Gasteiger partial charge in [0, 0.05) is 9.47 Å². The highest BCUT2D eigenvalue weighted by Gasteiger charge is 2.09. The molecule has 0 saturated carbocycles. The Morgan fingerprint density at radius 3 is 2.11 bits per heavy atom. The fraction of sp³-hybridized carbons (Fsp3) is 0.250. The molecule has 0 fully saturated rings. The van der Waals surface area contributed by atoms with Crippen LogP contribution in [0, 0.1) is 0 Å². The van der Waals surface area contributed by atoms with Gasteiger partial charge >= 0.3 is 0 Å². The molecule has 0 radical (unpaired) electrons. The molecule has 0 aliphatic heterocycles. The molecule has 0 N–H and O–H groups in total. The van der Waals surface area contributed by atoms with Crippen molar-refractivity contribution in [3.05, 3.63) is 71.8 Å². The highest BCUT2D eigenvalue weighted by Crippen LogP contribution is 2.25. The van der Waals surface area contributed by atoms with Crippen LogP contribution in [0.2, 0.25) is 0 Å². The summed E-state index contributed by atoms with van der Waals surface area (Å²) in [5, 5.41) is 0. The summed E-state index contributed by atoms with van der Waals surface area (Å²) in [6.45, 7) is 0. The third-order valence-corrected chi connectivity index (χ3v) is 3.44. The van der Waals surface area contributed by atoms with Crippen molar-refractivity contribution in [1.29, 1.82) is 0 Å². The van der Waals surface area contributed by atoms with Gasteiger partial charge in [0.15, 0.2) is 0 Å². The topological polar surface area (TPSA) is 9.23 Å². The second kappa shape index (κ2) is 7.31. The van der Waals surface area contributed by atoms with Crippen LogP contribution in [-0.2, 0) is 10.9 Å². The Labute approximate surface area is 111 Å². The lowest BCUT2D eigenvalue weighted by Gasteiger charge is -2.15. The Hall–Kier alpha value is -1.17. The molecule has 18 heavy (non-hydrogen) atoms. The maximum atomic E-state index is 5.49. The van der Waals surface area contributed by atoms with Crippen LogP contribution in [0.1, 0.15) is 30.1 Å². The Morgan fingerprint density at radius 1 is 0.889 bits per heavy atom. The molecule has 2 atom stereocenters. The van der Waals surface area contributed by atoms with E-state index >= 15 is 0 Å².